The lowest BCUT2D eigenvalue weighted by molar-refractivity contribution is -0.146. The second-order valence-electron chi connectivity index (χ2n) is 5.45. The molecule has 0 radical (unpaired) electrons. The molecule has 5 nitrogen and oxygen atoms in total. The summed E-state index contributed by atoms with van der Waals surface area (Å²) in [7, 11) is 0. The molecule has 0 amide bonds. The predicted molar refractivity (Wildman–Crippen MR) is 72.2 cm³/mol. The van der Waals surface area contributed by atoms with Crippen LogP contribution in [-0.2, 0) is 19.1 Å². The monoisotopic (exact) mass is 282 g/mol. The molecule has 0 aromatic heterocycles. The van der Waals surface area contributed by atoms with Crippen LogP contribution in [0.25, 0.3) is 0 Å². The Hall–Kier alpha value is -1.36. The van der Waals surface area contributed by atoms with Crippen LogP contribution in [0, 0.1) is 5.92 Å². The van der Waals surface area contributed by atoms with Crippen molar-refractivity contribution < 1.29 is 24.2 Å². The molecule has 1 saturated carbocycles. The molecule has 1 unspecified atom stereocenters. The highest BCUT2D eigenvalue weighted by Crippen LogP contribution is 2.44. The molecule has 112 valence electrons. The van der Waals surface area contributed by atoms with Crippen molar-refractivity contribution in [3.8, 4) is 0 Å². The van der Waals surface area contributed by atoms with E-state index in [1.165, 1.54) is 0 Å². The van der Waals surface area contributed by atoms with E-state index in [4.69, 9.17) is 14.6 Å². The Kier molecular flexibility index (Phi) is 4.81. The largest absolute Gasteiger partial charge is 0.475 e. The predicted octanol–water partition coefficient (Wildman–Crippen LogP) is 2.30. The van der Waals surface area contributed by atoms with Crippen LogP contribution in [0.3, 0.4) is 0 Å². The SMILES string of the molecule is CCOCCCC1(C2CCCC2)OC(C(=O)O)=CC1=O. The van der Waals surface area contributed by atoms with Gasteiger partial charge in [0.25, 0.3) is 0 Å². The second kappa shape index (κ2) is 6.39. The van der Waals surface area contributed by atoms with Crippen molar-refractivity contribution in [1.29, 1.82) is 0 Å². The molecule has 1 aliphatic carbocycles. The number of aliphatic carboxylic acids is 1. The van der Waals surface area contributed by atoms with Crippen molar-refractivity contribution in [3.05, 3.63) is 11.8 Å². The molecule has 1 aliphatic heterocycles. The lowest BCUT2D eigenvalue weighted by atomic mass is 9.79. The van der Waals surface area contributed by atoms with Crippen LogP contribution in [0.15, 0.2) is 11.8 Å². The molecule has 1 atom stereocenters. The fourth-order valence-corrected chi connectivity index (χ4v) is 3.26. The second-order valence-corrected chi connectivity index (χ2v) is 5.45. The minimum atomic E-state index is -1.16. The number of carboxylic acid groups (broad SMARTS) is 1. The van der Waals surface area contributed by atoms with Crippen LogP contribution in [0.4, 0.5) is 0 Å². The molecule has 2 rings (SSSR count). The normalized spacial score (nSPS) is 26.6. The molecule has 0 aromatic rings. The molecule has 20 heavy (non-hydrogen) atoms. The Morgan fingerprint density at radius 3 is 2.75 bits per heavy atom. The van der Waals surface area contributed by atoms with Gasteiger partial charge < -0.3 is 14.6 Å². The Morgan fingerprint density at radius 1 is 1.50 bits per heavy atom. The summed E-state index contributed by atoms with van der Waals surface area (Å²) < 4.78 is 11.0. The van der Waals surface area contributed by atoms with Gasteiger partial charge in [-0.15, -0.1) is 0 Å². The molecule has 1 fully saturated rings. The first-order valence-corrected chi connectivity index (χ1v) is 7.36. The van der Waals surface area contributed by atoms with Crippen LogP contribution in [0.2, 0.25) is 0 Å². The van der Waals surface area contributed by atoms with Gasteiger partial charge in [-0.3, -0.25) is 4.79 Å². The Morgan fingerprint density at radius 2 is 2.20 bits per heavy atom. The van der Waals surface area contributed by atoms with Crippen LogP contribution in [-0.4, -0.2) is 35.7 Å². The Bertz CT molecular complexity index is 408. The number of rotatable bonds is 7. The van der Waals surface area contributed by atoms with Gasteiger partial charge in [0.1, 0.15) is 0 Å². The van der Waals surface area contributed by atoms with Crippen LogP contribution in [0.1, 0.15) is 45.4 Å². The molecule has 1 N–H and O–H groups in total. The number of carboxylic acids is 1. The van der Waals surface area contributed by atoms with Crippen molar-refractivity contribution in [2.45, 2.75) is 51.0 Å². The maximum atomic E-state index is 12.4. The molecule has 0 bridgehead atoms. The molecular weight excluding hydrogens is 260 g/mol. The van der Waals surface area contributed by atoms with E-state index >= 15 is 0 Å². The van der Waals surface area contributed by atoms with Gasteiger partial charge in [0.15, 0.2) is 5.60 Å². The molecular formula is C15H22O5. The van der Waals surface area contributed by atoms with E-state index in [2.05, 4.69) is 0 Å². The molecule has 5 heteroatoms. The summed E-state index contributed by atoms with van der Waals surface area (Å²) in [4.78, 5) is 23.4. The van der Waals surface area contributed by atoms with Gasteiger partial charge in [-0.05, 0) is 32.6 Å². The van der Waals surface area contributed by atoms with Crippen molar-refractivity contribution >= 4 is 11.8 Å². The number of ether oxygens (including phenoxy) is 2. The van der Waals surface area contributed by atoms with E-state index in [1.807, 2.05) is 6.92 Å². The van der Waals surface area contributed by atoms with Crippen molar-refractivity contribution in [3.63, 3.8) is 0 Å². The summed E-state index contributed by atoms with van der Waals surface area (Å²) in [6.07, 6.45) is 6.41. The smallest absolute Gasteiger partial charge is 0.371 e. The summed E-state index contributed by atoms with van der Waals surface area (Å²) in [6.45, 7) is 3.14. The van der Waals surface area contributed by atoms with E-state index in [-0.39, 0.29) is 17.5 Å². The lowest BCUT2D eigenvalue weighted by Gasteiger charge is -2.33. The van der Waals surface area contributed by atoms with Crippen LogP contribution < -0.4 is 0 Å². The maximum Gasteiger partial charge on any atom is 0.371 e. The van der Waals surface area contributed by atoms with Gasteiger partial charge in [0, 0.05) is 25.2 Å². The number of hydrogen-bond acceptors (Lipinski definition) is 4. The zero-order valence-electron chi connectivity index (χ0n) is 11.9. The van der Waals surface area contributed by atoms with Crippen LogP contribution in [0.5, 0.6) is 0 Å². The quantitative estimate of drug-likeness (QED) is 0.725. The van der Waals surface area contributed by atoms with Gasteiger partial charge in [-0.2, -0.15) is 0 Å². The molecule has 0 aromatic carbocycles. The third-order valence-corrected chi connectivity index (χ3v) is 4.24. The highest BCUT2D eigenvalue weighted by Gasteiger charge is 2.51. The average molecular weight is 282 g/mol. The van der Waals surface area contributed by atoms with E-state index in [1.54, 1.807) is 0 Å². The summed E-state index contributed by atoms with van der Waals surface area (Å²) in [5, 5.41) is 9.05. The summed E-state index contributed by atoms with van der Waals surface area (Å²) in [5.74, 6) is -1.43. The summed E-state index contributed by atoms with van der Waals surface area (Å²) >= 11 is 0. The highest BCUT2D eigenvalue weighted by atomic mass is 16.5. The number of ketones is 1. The first kappa shape index (κ1) is 15.0. The third kappa shape index (κ3) is 2.87. The number of hydrogen-bond donors (Lipinski definition) is 1. The molecule has 0 spiro atoms. The third-order valence-electron chi connectivity index (χ3n) is 4.24. The zero-order chi connectivity index (χ0) is 14.6. The Balaban J connectivity index is 2.09. The summed E-state index contributed by atoms with van der Waals surface area (Å²) in [5.41, 5.74) is -0.957. The Labute approximate surface area is 118 Å². The van der Waals surface area contributed by atoms with E-state index in [9.17, 15) is 9.59 Å². The average Bonchev–Trinajstić information content (AvgIpc) is 3.04. The fraction of sp³-hybridized carbons (Fsp3) is 0.733. The van der Waals surface area contributed by atoms with E-state index < -0.39 is 11.6 Å². The number of carbonyl (C=O) groups is 2. The van der Waals surface area contributed by atoms with E-state index in [0.29, 0.717) is 26.1 Å². The number of carbonyl (C=O) groups excluding carboxylic acids is 1. The molecule has 2 aliphatic rings. The van der Waals surface area contributed by atoms with Crippen molar-refractivity contribution in [2.75, 3.05) is 13.2 Å². The van der Waals surface area contributed by atoms with E-state index in [0.717, 1.165) is 31.8 Å². The van der Waals surface area contributed by atoms with Gasteiger partial charge in [-0.25, -0.2) is 4.79 Å². The highest BCUT2D eigenvalue weighted by molar-refractivity contribution is 6.05. The molecule has 1 heterocycles. The topological polar surface area (TPSA) is 72.8 Å². The first-order valence-electron chi connectivity index (χ1n) is 7.36. The fourth-order valence-electron chi connectivity index (χ4n) is 3.26. The minimum Gasteiger partial charge on any atom is -0.475 e. The minimum absolute atomic E-state index is 0.129. The van der Waals surface area contributed by atoms with Gasteiger partial charge >= 0.3 is 5.97 Å². The van der Waals surface area contributed by atoms with Crippen LogP contribution >= 0.6 is 0 Å². The maximum absolute atomic E-state index is 12.4. The lowest BCUT2D eigenvalue weighted by Crippen LogP contribution is -2.44. The molecule has 0 saturated heterocycles. The van der Waals surface area contributed by atoms with Gasteiger partial charge in [0.2, 0.25) is 11.5 Å². The van der Waals surface area contributed by atoms with Gasteiger partial charge in [0.05, 0.1) is 0 Å². The standard InChI is InChI=1S/C15H22O5/c1-2-19-9-5-8-15(11-6-3-4-7-11)13(16)10-12(20-15)14(17)18/h10-11H,2-9H2,1H3,(H,17,18). The first-order chi connectivity index (χ1) is 9.60. The van der Waals surface area contributed by atoms with Crippen molar-refractivity contribution in [1.82, 2.24) is 0 Å². The summed E-state index contributed by atoms with van der Waals surface area (Å²) in [6, 6.07) is 0. The van der Waals surface area contributed by atoms with Crippen molar-refractivity contribution in [2.24, 2.45) is 5.92 Å². The zero-order valence-corrected chi connectivity index (χ0v) is 11.9. The van der Waals surface area contributed by atoms with Gasteiger partial charge in [-0.1, -0.05) is 12.8 Å².